The fourth-order valence-electron chi connectivity index (χ4n) is 2.03. The Morgan fingerprint density at radius 1 is 1.44 bits per heavy atom. The van der Waals surface area contributed by atoms with Gasteiger partial charge in [0.1, 0.15) is 5.82 Å². The minimum Gasteiger partial charge on any atom is -0.377 e. The predicted octanol–water partition coefficient (Wildman–Crippen LogP) is 2.24. The molecule has 0 radical (unpaired) electrons. The summed E-state index contributed by atoms with van der Waals surface area (Å²) >= 11 is 0. The number of methoxy groups -OCH3 is 1. The molecule has 1 N–H and O–H groups in total. The van der Waals surface area contributed by atoms with E-state index in [1.807, 2.05) is 12.4 Å². The van der Waals surface area contributed by atoms with Gasteiger partial charge in [0.25, 0.3) is 0 Å². The summed E-state index contributed by atoms with van der Waals surface area (Å²) in [5.41, 5.74) is -0.195. The SMILES string of the molecule is CCCNC(Cc1nccn1CC)C(C)(C)OC. The second kappa shape index (κ2) is 6.90. The van der Waals surface area contributed by atoms with Crippen LogP contribution in [0, 0.1) is 0 Å². The van der Waals surface area contributed by atoms with Gasteiger partial charge in [-0.3, -0.25) is 0 Å². The van der Waals surface area contributed by atoms with E-state index in [9.17, 15) is 0 Å². The molecule has 1 atom stereocenters. The highest BCUT2D eigenvalue weighted by Gasteiger charge is 2.29. The second-order valence-electron chi connectivity index (χ2n) is 5.15. The van der Waals surface area contributed by atoms with Crippen molar-refractivity contribution in [1.29, 1.82) is 0 Å². The number of imidazole rings is 1. The first-order valence-corrected chi connectivity index (χ1v) is 6.83. The molecule has 4 nitrogen and oxygen atoms in total. The van der Waals surface area contributed by atoms with Gasteiger partial charge in [-0.2, -0.15) is 0 Å². The number of rotatable bonds is 8. The number of nitrogens with zero attached hydrogens (tertiary/aromatic N) is 2. The van der Waals surface area contributed by atoms with Crippen LogP contribution in [0.2, 0.25) is 0 Å². The van der Waals surface area contributed by atoms with Crippen LogP contribution in [-0.4, -0.2) is 34.8 Å². The summed E-state index contributed by atoms with van der Waals surface area (Å²) in [5, 5.41) is 3.57. The molecule has 4 heteroatoms. The van der Waals surface area contributed by atoms with Gasteiger partial charge in [-0.05, 0) is 33.7 Å². The van der Waals surface area contributed by atoms with E-state index in [2.05, 4.69) is 42.6 Å². The van der Waals surface area contributed by atoms with Crippen molar-refractivity contribution in [2.45, 2.75) is 58.7 Å². The van der Waals surface area contributed by atoms with Crippen molar-refractivity contribution in [3.63, 3.8) is 0 Å². The number of hydrogen-bond donors (Lipinski definition) is 1. The summed E-state index contributed by atoms with van der Waals surface area (Å²) in [7, 11) is 1.77. The average molecular weight is 253 g/mol. The van der Waals surface area contributed by atoms with Gasteiger partial charge in [0.15, 0.2) is 0 Å². The zero-order valence-corrected chi connectivity index (χ0v) is 12.4. The number of hydrogen-bond acceptors (Lipinski definition) is 3. The van der Waals surface area contributed by atoms with Crippen LogP contribution in [-0.2, 0) is 17.7 Å². The molecule has 0 aliphatic rings. The van der Waals surface area contributed by atoms with Gasteiger partial charge >= 0.3 is 0 Å². The molecule has 1 heterocycles. The van der Waals surface area contributed by atoms with Gasteiger partial charge in [0.05, 0.1) is 5.60 Å². The minimum absolute atomic E-state index is 0.195. The molecule has 0 aliphatic carbocycles. The average Bonchev–Trinajstić information content (AvgIpc) is 2.81. The van der Waals surface area contributed by atoms with Crippen LogP contribution >= 0.6 is 0 Å². The largest absolute Gasteiger partial charge is 0.377 e. The van der Waals surface area contributed by atoms with E-state index in [-0.39, 0.29) is 11.6 Å². The summed E-state index contributed by atoms with van der Waals surface area (Å²) in [6.07, 6.45) is 5.92. The van der Waals surface area contributed by atoms with Crippen molar-refractivity contribution in [3.05, 3.63) is 18.2 Å². The van der Waals surface area contributed by atoms with E-state index in [0.29, 0.717) is 0 Å². The predicted molar refractivity (Wildman–Crippen MR) is 74.8 cm³/mol. The molecule has 0 amide bonds. The monoisotopic (exact) mass is 253 g/mol. The van der Waals surface area contributed by atoms with E-state index in [1.165, 1.54) is 0 Å². The van der Waals surface area contributed by atoms with Gasteiger partial charge in [0.2, 0.25) is 0 Å². The number of aromatic nitrogens is 2. The molecule has 1 aromatic heterocycles. The molecular weight excluding hydrogens is 226 g/mol. The fourth-order valence-corrected chi connectivity index (χ4v) is 2.03. The highest BCUT2D eigenvalue weighted by atomic mass is 16.5. The molecule has 0 fully saturated rings. The quantitative estimate of drug-likeness (QED) is 0.772. The van der Waals surface area contributed by atoms with E-state index >= 15 is 0 Å². The van der Waals surface area contributed by atoms with Crippen LogP contribution in [0.4, 0.5) is 0 Å². The Balaban J connectivity index is 2.78. The third-order valence-electron chi connectivity index (χ3n) is 3.54. The Labute approximate surface area is 111 Å². The molecule has 0 spiro atoms. The molecule has 1 aromatic rings. The molecule has 0 saturated carbocycles. The zero-order chi connectivity index (χ0) is 13.6. The van der Waals surface area contributed by atoms with Gasteiger partial charge in [-0.15, -0.1) is 0 Å². The molecule has 0 bridgehead atoms. The van der Waals surface area contributed by atoms with Crippen LogP contribution in [0.1, 0.15) is 39.9 Å². The maximum Gasteiger partial charge on any atom is 0.110 e. The molecule has 0 aliphatic heterocycles. The van der Waals surface area contributed by atoms with Crippen molar-refractivity contribution in [2.24, 2.45) is 0 Å². The molecular formula is C14H27N3O. The molecule has 104 valence electrons. The van der Waals surface area contributed by atoms with Crippen LogP contribution in [0.5, 0.6) is 0 Å². The Bertz CT molecular complexity index is 347. The van der Waals surface area contributed by atoms with Gasteiger partial charge in [0, 0.05) is 38.5 Å². The fraction of sp³-hybridized carbons (Fsp3) is 0.786. The topological polar surface area (TPSA) is 39.1 Å². The standard InChI is InChI=1S/C14H27N3O/c1-6-8-15-12(14(3,4)18-5)11-13-16-9-10-17(13)7-2/h9-10,12,15H,6-8,11H2,1-5H3. The number of nitrogens with one attached hydrogen (secondary N) is 1. The normalized spacial score (nSPS) is 13.8. The van der Waals surface area contributed by atoms with Crippen molar-refractivity contribution in [1.82, 2.24) is 14.9 Å². The lowest BCUT2D eigenvalue weighted by molar-refractivity contribution is -0.0107. The maximum atomic E-state index is 5.62. The lowest BCUT2D eigenvalue weighted by Crippen LogP contribution is -2.50. The lowest BCUT2D eigenvalue weighted by atomic mass is 9.95. The third-order valence-corrected chi connectivity index (χ3v) is 3.54. The summed E-state index contributed by atoms with van der Waals surface area (Å²) in [4.78, 5) is 4.45. The highest BCUT2D eigenvalue weighted by Crippen LogP contribution is 2.17. The Hall–Kier alpha value is -0.870. The van der Waals surface area contributed by atoms with Gasteiger partial charge < -0.3 is 14.6 Å². The highest BCUT2D eigenvalue weighted by molar-refractivity contribution is 4.99. The first-order valence-electron chi connectivity index (χ1n) is 6.83. The smallest absolute Gasteiger partial charge is 0.110 e. The molecule has 0 saturated heterocycles. The minimum atomic E-state index is -0.195. The summed E-state index contributed by atoms with van der Waals surface area (Å²) in [5.74, 6) is 1.12. The van der Waals surface area contributed by atoms with Crippen molar-refractivity contribution < 1.29 is 4.74 Å². The van der Waals surface area contributed by atoms with E-state index in [0.717, 1.165) is 31.8 Å². The molecule has 1 unspecified atom stereocenters. The van der Waals surface area contributed by atoms with Crippen molar-refractivity contribution in [2.75, 3.05) is 13.7 Å². The van der Waals surface area contributed by atoms with Crippen molar-refractivity contribution >= 4 is 0 Å². The lowest BCUT2D eigenvalue weighted by Gasteiger charge is -2.34. The van der Waals surface area contributed by atoms with E-state index < -0.39 is 0 Å². The summed E-state index contributed by atoms with van der Waals surface area (Å²) in [6, 6.07) is 0.273. The molecule has 18 heavy (non-hydrogen) atoms. The first kappa shape index (κ1) is 15.2. The van der Waals surface area contributed by atoms with Crippen molar-refractivity contribution in [3.8, 4) is 0 Å². The van der Waals surface area contributed by atoms with Gasteiger partial charge in [-0.1, -0.05) is 6.92 Å². The van der Waals surface area contributed by atoms with E-state index in [4.69, 9.17) is 4.74 Å². The number of aryl methyl sites for hydroxylation is 1. The van der Waals surface area contributed by atoms with Crippen LogP contribution in [0.15, 0.2) is 12.4 Å². The zero-order valence-electron chi connectivity index (χ0n) is 12.4. The third kappa shape index (κ3) is 3.82. The van der Waals surface area contributed by atoms with E-state index in [1.54, 1.807) is 7.11 Å². The van der Waals surface area contributed by atoms with Crippen LogP contribution < -0.4 is 5.32 Å². The Morgan fingerprint density at radius 3 is 2.72 bits per heavy atom. The molecule has 1 rings (SSSR count). The second-order valence-corrected chi connectivity index (χ2v) is 5.15. The summed E-state index contributed by atoms with van der Waals surface area (Å²) < 4.78 is 7.81. The Kier molecular flexibility index (Phi) is 5.82. The Morgan fingerprint density at radius 2 is 2.17 bits per heavy atom. The van der Waals surface area contributed by atoms with Gasteiger partial charge in [-0.25, -0.2) is 4.98 Å². The van der Waals surface area contributed by atoms with Crippen LogP contribution in [0.25, 0.3) is 0 Å². The summed E-state index contributed by atoms with van der Waals surface area (Å²) in [6.45, 7) is 10.5. The number of ether oxygens (including phenoxy) is 1. The van der Waals surface area contributed by atoms with Crippen LogP contribution in [0.3, 0.4) is 0 Å². The maximum absolute atomic E-state index is 5.62. The molecule has 0 aromatic carbocycles. The first-order chi connectivity index (χ1) is 8.55.